The van der Waals surface area contributed by atoms with Gasteiger partial charge in [0.1, 0.15) is 0 Å². The highest BCUT2D eigenvalue weighted by Crippen LogP contribution is 2.21. The molecule has 1 atom stereocenters. The third-order valence-corrected chi connectivity index (χ3v) is 4.07. The van der Waals surface area contributed by atoms with Crippen LogP contribution in [0.25, 0.3) is 0 Å². The molecule has 1 saturated heterocycles. The van der Waals surface area contributed by atoms with Gasteiger partial charge in [0, 0.05) is 13.0 Å². The lowest BCUT2D eigenvalue weighted by Crippen LogP contribution is -2.28. The van der Waals surface area contributed by atoms with E-state index in [4.69, 9.17) is 5.11 Å². The van der Waals surface area contributed by atoms with Crippen molar-refractivity contribution in [1.29, 1.82) is 0 Å². The molecule has 0 aromatic rings. The molecule has 14 heavy (non-hydrogen) atoms. The molecule has 0 spiro atoms. The summed E-state index contributed by atoms with van der Waals surface area (Å²) in [6, 6.07) is 0. The molecule has 0 aromatic carbocycles. The molecule has 82 valence electrons. The van der Waals surface area contributed by atoms with Crippen LogP contribution < -0.4 is 5.32 Å². The molecule has 0 bridgehead atoms. The minimum absolute atomic E-state index is 0.0429. The topological polar surface area (TPSA) is 83.5 Å². The number of aliphatic hydroxyl groups excluding tert-OH is 1. The van der Waals surface area contributed by atoms with E-state index in [-0.39, 0.29) is 42.9 Å². The second-order valence-electron chi connectivity index (χ2n) is 3.55. The van der Waals surface area contributed by atoms with E-state index in [1.165, 1.54) is 0 Å². The molecule has 0 radical (unpaired) electrons. The van der Waals surface area contributed by atoms with E-state index in [1.54, 1.807) is 0 Å². The molecule has 1 amide bonds. The molecular formula is C8H15NO4S. The normalized spacial score (nSPS) is 24.8. The summed E-state index contributed by atoms with van der Waals surface area (Å²) >= 11 is 0. The van der Waals surface area contributed by atoms with E-state index in [2.05, 4.69) is 5.32 Å². The Balaban J connectivity index is 2.29. The van der Waals surface area contributed by atoms with Gasteiger partial charge in [0.25, 0.3) is 0 Å². The zero-order chi connectivity index (χ0) is 10.6. The molecule has 0 aliphatic carbocycles. The minimum Gasteiger partial charge on any atom is -0.395 e. The van der Waals surface area contributed by atoms with Crippen molar-refractivity contribution in [2.24, 2.45) is 5.92 Å². The van der Waals surface area contributed by atoms with Gasteiger partial charge >= 0.3 is 0 Å². The molecule has 1 unspecified atom stereocenters. The summed E-state index contributed by atoms with van der Waals surface area (Å²) in [5, 5.41) is 11.0. The fourth-order valence-corrected chi connectivity index (χ4v) is 3.42. The van der Waals surface area contributed by atoms with Gasteiger partial charge in [-0.05, 0) is 12.3 Å². The van der Waals surface area contributed by atoms with E-state index in [0.717, 1.165) is 0 Å². The predicted octanol–water partition coefficient (Wildman–Crippen LogP) is -1.08. The highest BCUT2D eigenvalue weighted by molar-refractivity contribution is 7.91. The Kier molecular flexibility index (Phi) is 3.88. The molecule has 1 heterocycles. The van der Waals surface area contributed by atoms with Crippen molar-refractivity contribution in [3.8, 4) is 0 Å². The predicted molar refractivity (Wildman–Crippen MR) is 51.5 cm³/mol. The molecule has 5 nitrogen and oxygen atoms in total. The molecular weight excluding hydrogens is 206 g/mol. The van der Waals surface area contributed by atoms with E-state index in [0.29, 0.717) is 6.42 Å². The molecule has 6 heteroatoms. The Morgan fingerprint density at radius 1 is 1.50 bits per heavy atom. The number of aliphatic hydroxyl groups is 1. The van der Waals surface area contributed by atoms with Crippen LogP contribution in [0.15, 0.2) is 0 Å². The Labute approximate surface area is 83.4 Å². The lowest BCUT2D eigenvalue weighted by atomic mass is 10.1. The van der Waals surface area contributed by atoms with Gasteiger partial charge in [0.05, 0.1) is 18.1 Å². The first kappa shape index (κ1) is 11.5. The van der Waals surface area contributed by atoms with Crippen molar-refractivity contribution in [3.63, 3.8) is 0 Å². The van der Waals surface area contributed by atoms with Crippen LogP contribution in [0, 0.1) is 5.92 Å². The summed E-state index contributed by atoms with van der Waals surface area (Å²) in [4.78, 5) is 11.2. The summed E-state index contributed by atoms with van der Waals surface area (Å²) in [5.41, 5.74) is 0. The Morgan fingerprint density at radius 3 is 2.71 bits per heavy atom. The first-order valence-electron chi connectivity index (χ1n) is 4.61. The van der Waals surface area contributed by atoms with E-state index in [1.807, 2.05) is 0 Å². The van der Waals surface area contributed by atoms with Crippen LogP contribution in [0.3, 0.4) is 0 Å². The van der Waals surface area contributed by atoms with Gasteiger partial charge < -0.3 is 10.4 Å². The average molecular weight is 221 g/mol. The zero-order valence-corrected chi connectivity index (χ0v) is 8.72. The smallest absolute Gasteiger partial charge is 0.220 e. The van der Waals surface area contributed by atoms with Crippen LogP contribution in [0.2, 0.25) is 0 Å². The van der Waals surface area contributed by atoms with Crippen LogP contribution in [0.5, 0.6) is 0 Å². The molecule has 1 aliphatic rings. The number of hydrogen-bond donors (Lipinski definition) is 2. The summed E-state index contributed by atoms with van der Waals surface area (Å²) in [6.45, 7) is 0.146. The van der Waals surface area contributed by atoms with Crippen molar-refractivity contribution in [3.05, 3.63) is 0 Å². The van der Waals surface area contributed by atoms with Gasteiger partial charge in [-0.1, -0.05) is 0 Å². The lowest BCUT2D eigenvalue weighted by Gasteiger charge is -2.07. The second kappa shape index (κ2) is 4.75. The van der Waals surface area contributed by atoms with Gasteiger partial charge in [0.15, 0.2) is 9.84 Å². The maximum absolute atomic E-state index is 11.2. The van der Waals surface area contributed by atoms with Crippen LogP contribution in [-0.2, 0) is 14.6 Å². The van der Waals surface area contributed by atoms with Crippen LogP contribution in [-0.4, -0.2) is 44.1 Å². The number of sulfone groups is 1. The maximum atomic E-state index is 11.2. The maximum Gasteiger partial charge on any atom is 0.220 e. The number of hydrogen-bond acceptors (Lipinski definition) is 4. The van der Waals surface area contributed by atoms with Gasteiger partial charge in [0.2, 0.25) is 5.91 Å². The second-order valence-corrected chi connectivity index (χ2v) is 5.78. The molecule has 1 fully saturated rings. The van der Waals surface area contributed by atoms with Gasteiger partial charge in [-0.3, -0.25) is 4.79 Å². The van der Waals surface area contributed by atoms with Crippen LogP contribution >= 0.6 is 0 Å². The molecule has 1 rings (SSSR count). The van der Waals surface area contributed by atoms with E-state index >= 15 is 0 Å². The van der Waals surface area contributed by atoms with E-state index < -0.39 is 9.84 Å². The third-order valence-electron chi connectivity index (χ3n) is 2.23. The molecule has 2 N–H and O–H groups in total. The highest BCUT2D eigenvalue weighted by Gasteiger charge is 2.29. The highest BCUT2D eigenvalue weighted by atomic mass is 32.2. The number of carbonyl (C=O) groups excluding carboxylic acids is 1. The molecule has 1 aliphatic heterocycles. The first-order valence-corrected chi connectivity index (χ1v) is 6.43. The van der Waals surface area contributed by atoms with Crippen molar-refractivity contribution in [2.75, 3.05) is 24.7 Å². The molecule has 0 saturated carbocycles. The monoisotopic (exact) mass is 221 g/mol. The number of carbonyl (C=O) groups is 1. The Bertz CT molecular complexity index is 298. The van der Waals surface area contributed by atoms with Crippen molar-refractivity contribution in [1.82, 2.24) is 5.32 Å². The molecule has 0 aromatic heterocycles. The van der Waals surface area contributed by atoms with Crippen molar-refractivity contribution in [2.45, 2.75) is 12.8 Å². The van der Waals surface area contributed by atoms with Gasteiger partial charge in [-0.25, -0.2) is 8.42 Å². The summed E-state index contributed by atoms with van der Waals surface area (Å²) in [5.74, 6) is 0.102. The quantitative estimate of drug-likeness (QED) is 0.632. The largest absolute Gasteiger partial charge is 0.395 e. The third kappa shape index (κ3) is 3.63. The number of amides is 1. The van der Waals surface area contributed by atoms with E-state index in [9.17, 15) is 13.2 Å². The SMILES string of the molecule is O=C(CC1CCS(=O)(=O)C1)NCCO. The summed E-state index contributed by atoms with van der Waals surface area (Å²) in [6.07, 6.45) is 0.827. The fraction of sp³-hybridized carbons (Fsp3) is 0.875. The fourth-order valence-electron chi connectivity index (χ4n) is 1.56. The average Bonchev–Trinajstić information content (AvgIpc) is 2.42. The number of nitrogens with one attached hydrogen (secondary N) is 1. The lowest BCUT2D eigenvalue weighted by molar-refractivity contribution is -0.122. The van der Waals surface area contributed by atoms with Crippen molar-refractivity contribution >= 4 is 15.7 Å². The van der Waals surface area contributed by atoms with Crippen LogP contribution in [0.1, 0.15) is 12.8 Å². The number of rotatable bonds is 4. The van der Waals surface area contributed by atoms with Gasteiger partial charge in [-0.2, -0.15) is 0 Å². The standard InChI is InChI=1S/C8H15NO4S/c10-3-2-9-8(11)5-7-1-4-14(12,13)6-7/h7,10H,1-6H2,(H,9,11). The van der Waals surface area contributed by atoms with Crippen LogP contribution in [0.4, 0.5) is 0 Å². The Morgan fingerprint density at radius 2 is 2.21 bits per heavy atom. The first-order chi connectivity index (χ1) is 6.53. The summed E-state index contributed by atoms with van der Waals surface area (Å²) < 4.78 is 22.1. The van der Waals surface area contributed by atoms with Crippen molar-refractivity contribution < 1.29 is 18.3 Å². The zero-order valence-electron chi connectivity index (χ0n) is 7.90. The minimum atomic E-state index is -2.89. The van der Waals surface area contributed by atoms with Gasteiger partial charge in [-0.15, -0.1) is 0 Å². The summed E-state index contributed by atoms with van der Waals surface area (Å²) in [7, 11) is -2.89. The Hall–Kier alpha value is -0.620.